The molecule has 0 aliphatic heterocycles. The molecule has 1 rings (SSSR count). The molecule has 1 atom stereocenters. The number of para-hydroxylation sites is 1. The van der Waals surface area contributed by atoms with Gasteiger partial charge in [0, 0.05) is 13.2 Å². The van der Waals surface area contributed by atoms with Crippen LogP contribution in [0.15, 0.2) is 29.2 Å². The van der Waals surface area contributed by atoms with Gasteiger partial charge in [-0.05, 0) is 18.6 Å². The maximum absolute atomic E-state index is 12.6. The summed E-state index contributed by atoms with van der Waals surface area (Å²) in [5.74, 6) is -3.43. The van der Waals surface area contributed by atoms with E-state index in [1.165, 1.54) is 25.3 Å². The molecule has 1 N–H and O–H groups in total. The van der Waals surface area contributed by atoms with Crippen molar-refractivity contribution in [3.8, 4) is 0 Å². The van der Waals surface area contributed by atoms with Crippen molar-refractivity contribution in [1.29, 1.82) is 0 Å². The highest BCUT2D eigenvalue weighted by Gasteiger charge is 2.29. The third-order valence-corrected chi connectivity index (χ3v) is 4.09. The molecule has 0 aliphatic rings. The van der Waals surface area contributed by atoms with Crippen molar-refractivity contribution < 1.29 is 21.9 Å². The van der Waals surface area contributed by atoms with E-state index in [0.717, 1.165) is 0 Å². The van der Waals surface area contributed by atoms with Crippen molar-refractivity contribution in [1.82, 2.24) is 0 Å². The van der Waals surface area contributed by atoms with E-state index < -0.39 is 15.6 Å². The number of hydrogen-bond donors (Lipinski definition) is 1. The maximum Gasteiger partial charge on any atom is 0.341 e. The summed E-state index contributed by atoms with van der Waals surface area (Å²) in [4.78, 5) is -0.389. The second-order valence-corrected chi connectivity index (χ2v) is 5.89. The molecule has 1 aromatic rings. The highest BCUT2D eigenvalue weighted by Crippen LogP contribution is 2.26. The molecule has 0 spiro atoms. The minimum Gasteiger partial charge on any atom is -0.383 e. The Bertz CT molecular complexity index is 505. The van der Waals surface area contributed by atoms with Crippen LogP contribution >= 0.6 is 0 Å². The molecular weight excluding hydrogens is 276 g/mol. The minimum atomic E-state index is -4.61. The summed E-state index contributed by atoms with van der Waals surface area (Å²) in [5, 5.41) is 2.92. The van der Waals surface area contributed by atoms with Crippen LogP contribution in [0.25, 0.3) is 0 Å². The molecule has 0 aliphatic carbocycles. The summed E-state index contributed by atoms with van der Waals surface area (Å²) >= 11 is 0. The Balaban J connectivity index is 3.09. The third kappa shape index (κ3) is 3.87. The average molecular weight is 293 g/mol. The van der Waals surface area contributed by atoms with E-state index in [-0.39, 0.29) is 16.6 Å². The number of rotatable bonds is 7. The molecule has 0 fully saturated rings. The average Bonchev–Trinajstić information content (AvgIpc) is 2.38. The largest absolute Gasteiger partial charge is 0.383 e. The van der Waals surface area contributed by atoms with E-state index in [1.807, 2.05) is 6.92 Å². The van der Waals surface area contributed by atoms with Crippen LogP contribution in [-0.2, 0) is 14.6 Å². The number of halogens is 2. The molecule has 19 heavy (non-hydrogen) atoms. The van der Waals surface area contributed by atoms with Crippen LogP contribution < -0.4 is 5.32 Å². The molecule has 1 unspecified atom stereocenters. The van der Waals surface area contributed by atoms with Crippen LogP contribution in [-0.4, -0.2) is 33.9 Å². The Morgan fingerprint density at radius 3 is 2.47 bits per heavy atom. The number of anilines is 1. The van der Waals surface area contributed by atoms with Gasteiger partial charge < -0.3 is 10.1 Å². The number of ether oxygens (including phenoxy) is 1. The molecule has 4 nitrogen and oxygen atoms in total. The minimum absolute atomic E-state index is 0.140. The first kappa shape index (κ1) is 15.8. The zero-order valence-electron chi connectivity index (χ0n) is 10.8. The monoisotopic (exact) mass is 293 g/mol. The lowest BCUT2D eigenvalue weighted by Gasteiger charge is -2.19. The zero-order chi connectivity index (χ0) is 14.5. The third-order valence-electron chi connectivity index (χ3n) is 2.65. The molecule has 0 radical (unpaired) electrons. The number of sulfone groups is 1. The van der Waals surface area contributed by atoms with Crippen molar-refractivity contribution in [2.75, 3.05) is 19.0 Å². The van der Waals surface area contributed by atoms with Gasteiger partial charge in [-0.1, -0.05) is 19.1 Å². The van der Waals surface area contributed by atoms with E-state index in [2.05, 4.69) is 5.32 Å². The van der Waals surface area contributed by atoms with Crippen molar-refractivity contribution in [2.24, 2.45) is 0 Å². The second kappa shape index (κ2) is 6.81. The Morgan fingerprint density at radius 1 is 1.32 bits per heavy atom. The predicted octanol–water partition coefficient (Wildman–Crippen LogP) is 2.52. The van der Waals surface area contributed by atoms with E-state index in [1.54, 1.807) is 6.07 Å². The first-order valence-corrected chi connectivity index (χ1v) is 7.34. The van der Waals surface area contributed by atoms with Crippen LogP contribution in [0.2, 0.25) is 0 Å². The van der Waals surface area contributed by atoms with Gasteiger partial charge in [0.25, 0.3) is 0 Å². The van der Waals surface area contributed by atoms with Gasteiger partial charge in [0.05, 0.1) is 17.2 Å². The van der Waals surface area contributed by atoms with Gasteiger partial charge in [-0.25, -0.2) is 8.42 Å². The molecular formula is C12H17F2NO3S. The van der Waals surface area contributed by atoms with Gasteiger partial charge in [0.15, 0.2) is 0 Å². The van der Waals surface area contributed by atoms with Crippen LogP contribution in [0.1, 0.15) is 13.3 Å². The van der Waals surface area contributed by atoms with Crippen LogP contribution in [0.3, 0.4) is 0 Å². The van der Waals surface area contributed by atoms with Crippen LogP contribution in [0, 0.1) is 0 Å². The van der Waals surface area contributed by atoms with Crippen molar-refractivity contribution in [3.05, 3.63) is 24.3 Å². The quantitative estimate of drug-likeness (QED) is 0.839. The molecule has 0 saturated heterocycles. The molecule has 0 heterocycles. The van der Waals surface area contributed by atoms with Crippen LogP contribution in [0.5, 0.6) is 0 Å². The van der Waals surface area contributed by atoms with Gasteiger partial charge in [0.2, 0.25) is 9.84 Å². The SMILES string of the molecule is CCC(COC)Nc1ccccc1S(=O)(=O)C(F)F. The lowest BCUT2D eigenvalue weighted by atomic mass is 10.2. The summed E-state index contributed by atoms with van der Waals surface area (Å²) in [6, 6.07) is 5.50. The fourth-order valence-electron chi connectivity index (χ4n) is 1.61. The van der Waals surface area contributed by atoms with Gasteiger partial charge in [-0.2, -0.15) is 8.78 Å². The zero-order valence-corrected chi connectivity index (χ0v) is 11.6. The number of methoxy groups -OCH3 is 1. The molecule has 108 valence electrons. The molecule has 7 heteroatoms. The molecule has 0 amide bonds. The molecule has 1 aromatic carbocycles. The Morgan fingerprint density at radius 2 is 1.95 bits per heavy atom. The number of nitrogens with one attached hydrogen (secondary N) is 1. The van der Waals surface area contributed by atoms with Gasteiger partial charge in [-0.3, -0.25) is 0 Å². The van der Waals surface area contributed by atoms with Crippen molar-refractivity contribution in [3.63, 3.8) is 0 Å². The fourth-order valence-corrected chi connectivity index (χ4v) is 2.51. The Kier molecular flexibility index (Phi) is 5.68. The Labute approximate surface area is 111 Å². The fraction of sp³-hybridized carbons (Fsp3) is 0.500. The molecule has 0 bridgehead atoms. The normalized spacial score (nSPS) is 13.5. The summed E-state index contributed by atoms with van der Waals surface area (Å²) < 4.78 is 53.3. The van der Waals surface area contributed by atoms with E-state index in [0.29, 0.717) is 13.0 Å². The summed E-state index contributed by atoms with van der Waals surface area (Å²) in [6.07, 6.45) is 0.677. The first-order valence-electron chi connectivity index (χ1n) is 5.80. The summed E-state index contributed by atoms with van der Waals surface area (Å²) in [6.45, 7) is 2.25. The summed E-state index contributed by atoms with van der Waals surface area (Å²) in [5.41, 5.74) is 0.173. The van der Waals surface area contributed by atoms with Gasteiger partial charge >= 0.3 is 5.76 Å². The topological polar surface area (TPSA) is 55.4 Å². The lowest BCUT2D eigenvalue weighted by Crippen LogP contribution is -2.25. The predicted molar refractivity (Wildman–Crippen MR) is 69.2 cm³/mol. The van der Waals surface area contributed by atoms with Gasteiger partial charge in [-0.15, -0.1) is 0 Å². The Hall–Kier alpha value is -1.21. The highest BCUT2D eigenvalue weighted by atomic mass is 32.2. The smallest absolute Gasteiger partial charge is 0.341 e. The number of hydrogen-bond acceptors (Lipinski definition) is 4. The van der Waals surface area contributed by atoms with Crippen molar-refractivity contribution >= 4 is 15.5 Å². The second-order valence-electron chi connectivity index (χ2n) is 4.01. The van der Waals surface area contributed by atoms with E-state index in [9.17, 15) is 17.2 Å². The lowest BCUT2D eigenvalue weighted by molar-refractivity contribution is 0.184. The van der Waals surface area contributed by atoms with Crippen LogP contribution in [0.4, 0.5) is 14.5 Å². The van der Waals surface area contributed by atoms with Gasteiger partial charge in [0.1, 0.15) is 0 Å². The highest BCUT2D eigenvalue weighted by molar-refractivity contribution is 7.91. The summed E-state index contributed by atoms with van der Waals surface area (Å²) in [7, 11) is -3.09. The maximum atomic E-state index is 12.6. The number of alkyl halides is 2. The standard InChI is InChI=1S/C12H17F2NO3S/c1-3-9(8-18-2)15-10-6-4-5-7-11(10)19(16,17)12(13)14/h4-7,9,12,15H,3,8H2,1-2H3. The number of benzene rings is 1. The van der Waals surface area contributed by atoms with E-state index in [4.69, 9.17) is 4.74 Å². The first-order chi connectivity index (χ1) is 8.93. The molecule has 0 aromatic heterocycles. The van der Waals surface area contributed by atoms with E-state index >= 15 is 0 Å². The van der Waals surface area contributed by atoms with Crippen molar-refractivity contribution in [2.45, 2.75) is 30.0 Å². The molecule has 0 saturated carbocycles.